The van der Waals surface area contributed by atoms with Crippen molar-refractivity contribution in [2.75, 3.05) is 13.7 Å². The number of fused-ring (bicyclic) bond motifs is 3. The van der Waals surface area contributed by atoms with Gasteiger partial charge in [-0.2, -0.15) is 8.78 Å². The number of ether oxygens (including phenoxy) is 2. The number of carbonyl (C=O) groups is 2. The summed E-state index contributed by atoms with van der Waals surface area (Å²) in [5.74, 6) is -0.899. The summed E-state index contributed by atoms with van der Waals surface area (Å²) in [6.45, 7) is 5.71. The summed E-state index contributed by atoms with van der Waals surface area (Å²) in [7, 11) is 1.42. The molecule has 0 bridgehead atoms. The van der Waals surface area contributed by atoms with Crippen molar-refractivity contribution in [3.05, 3.63) is 69.1 Å². The zero-order valence-corrected chi connectivity index (χ0v) is 20.2. The molecular formula is C25H26F2N2O4S. The van der Waals surface area contributed by atoms with E-state index < -0.39 is 35.0 Å². The molecule has 9 heteroatoms. The lowest BCUT2D eigenvalue weighted by molar-refractivity contribution is -0.152. The SMILES string of the molecule is COc1cc2c(cc1C=C(F)F)C1N(CC2)C(C(=O)OC(C)(C)C)=CC1(C(N)=O)c1cccs1. The number of nitrogens with zero attached hydrogens (tertiary/aromatic N) is 1. The maximum atomic E-state index is 13.2. The van der Waals surface area contributed by atoms with Crippen molar-refractivity contribution in [2.45, 2.75) is 44.2 Å². The van der Waals surface area contributed by atoms with Crippen molar-refractivity contribution in [3.63, 3.8) is 0 Å². The third-order valence-corrected chi connectivity index (χ3v) is 7.06. The molecule has 2 aliphatic heterocycles. The minimum atomic E-state index is -1.87. The summed E-state index contributed by atoms with van der Waals surface area (Å²) in [6, 6.07) is 6.21. The van der Waals surface area contributed by atoms with Crippen molar-refractivity contribution < 1.29 is 27.8 Å². The lowest BCUT2D eigenvalue weighted by atomic mass is 9.73. The van der Waals surface area contributed by atoms with Gasteiger partial charge in [0.05, 0.1) is 13.2 Å². The smallest absolute Gasteiger partial charge is 0.354 e. The van der Waals surface area contributed by atoms with E-state index in [0.717, 1.165) is 11.6 Å². The first-order valence-corrected chi connectivity index (χ1v) is 11.7. The van der Waals surface area contributed by atoms with Crippen molar-refractivity contribution >= 4 is 29.3 Å². The Morgan fingerprint density at radius 2 is 2.03 bits per heavy atom. The fraction of sp³-hybridized carbons (Fsp3) is 0.360. The van der Waals surface area contributed by atoms with E-state index in [1.165, 1.54) is 18.4 Å². The zero-order chi connectivity index (χ0) is 24.8. The van der Waals surface area contributed by atoms with Crippen LogP contribution in [0, 0.1) is 0 Å². The number of methoxy groups -OCH3 is 1. The molecule has 34 heavy (non-hydrogen) atoms. The Bertz CT molecular complexity index is 1200. The molecule has 3 heterocycles. The molecule has 2 aromatic rings. The number of carbonyl (C=O) groups excluding carboxylic acids is 2. The first-order chi connectivity index (χ1) is 16.0. The fourth-order valence-electron chi connectivity index (χ4n) is 4.75. The molecule has 0 radical (unpaired) electrons. The van der Waals surface area contributed by atoms with Crippen LogP contribution in [0.4, 0.5) is 8.78 Å². The second-order valence-electron chi connectivity index (χ2n) is 9.31. The van der Waals surface area contributed by atoms with Crippen LogP contribution in [-0.2, 0) is 26.2 Å². The summed E-state index contributed by atoms with van der Waals surface area (Å²) < 4.78 is 37.4. The minimum absolute atomic E-state index is 0.179. The predicted molar refractivity (Wildman–Crippen MR) is 125 cm³/mol. The van der Waals surface area contributed by atoms with E-state index in [9.17, 15) is 18.4 Å². The average molecular weight is 489 g/mol. The molecule has 6 nitrogen and oxygen atoms in total. The van der Waals surface area contributed by atoms with Crippen molar-refractivity contribution in [2.24, 2.45) is 5.73 Å². The highest BCUT2D eigenvalue weighted by Gasteiger charge is 2.57. The Balaban J connectivity index is 1.96. The van der Waals surface area contributed by atoms with E-state index in [-0.39, 0.29) is 11.3 Å². The van der Waals surface area contributed by atoms with E-state index >= 15 is 0 Å². The van der Waals surface area contributed by atoms with E-state index in [4.69, 9.17) is 15.2 Å². The summed E-state index contributed by atoms with van der Waals surface area (Å²) in [4.78, 5) is 28.9. The van der Waals surface area contributed by atoms with Crippen LogP contribution in [0.25, 0.3) is 6.08 Å². The number of nitrogens with two attached hydrogens (primary N) is 1. The average Bonchev–Trinajstić information content (AvgIpc) is 3.38. The molecule has 0 saturated heterocycles. The van der Waals surface area contributed by atoms with Crippen LogP contribution in [0.15, 0.2) is 47.5 Å². The van der Waals surface area contributed by atoms with Gasteiger partial charge in [0.1, 0.15) is 22.5 Å². The van der Waals surface area contributed by atoms with Gasteiger partial charge >= 0.3 is 5.97 Å². The van der Waals surface area contributed by atoms with E-state index in [0.29, 0.717) is 29.2 Å². The molecule has 0 saturated carbocycles. The van der Waals surface area contributed by atoms with Crippen LogP contribution in [0.3, 0.4) is 0 Å². The number of primary amides is 1. The lowest BCUT2D eigenvalue weighted by Crippen LogP contribution is -2.48. The molecule has 1 aromatic carbocycles. The predicted octanol–water partition coefficient (Wildman–Crippen LogP) is 4.56. The topological polar surface area (TPSA) is 81.9 Å². The summed E-state index contributed by atoms with van der Waals surface area (Å²) in [6.07, 6.45) is 0.963. The van der Waals surface area contributed by atoms with Crippen molar-refractivity contribution in [3.8, 4) is 5.75 Å². The zero-order valence-electron chi connectivity index (χ0n) is 19.4. The molecule has 0 aliphatic carbocycles. The van der Waals surface area contributed by atoms with E-state index in [1.54, 1.807) is 51.1 Å². The number of hydrogen-bond acceptors (Lipinski definition) is 6. The Morgan fingerprint density at radius 1 is 1.29 bits per heavy atom. The van der Waals surface area contributed by atoms with E-state index in [2.05, 4.69) is 0 Å². The highest BCUT2D eigenvalue weighted by molar-refractivity contribution is 7.10. The largest absolute Gasteiger partial charge is 0.496 e. The molecular weight excluding hydrogens is 462 g/mol. The maximum Gasteiger partial charge on any atom is 0.354 e. The number of esters is 1. The molecule has 2 atom stereocenters. The molecule has 2 aliphatic rings. The quantitative estimate of drug-likeness (QED) is 0.625. The summed E-state index contributed by atoms with van der Waals surface area (Å²) in [5.41, 5.74) is 5.82. The third-order valence-electron chi connectivity index (χ3n) is 6.03. The maximum absolute atomic E-state index is 13.2. The van der Waals surface area contributed by atoms with Crippen molar-refractivity contribution in [1.82, 2.24) is 4.90 Å². The van der Waals surface area contributed by atoms with Crippen LogP contribution in [0.5, 0.6) is 5.75 Å². The molecule has 1 amide bonds. The monoisotopic (exact) mass is 488 g/mol. The Labute approximate surface area is 200 Å². The number of benzene rings is 1. The number of amides is 1. The highest BCUT2D eigenvalue weighted by atomic mass is 32.1. The van der Waals surface area contributed by atoms with Crippen molar-refractivity contribution in [1.29, 1.82) is 0 Å². The summed E-state index contributed by atoms with van der Waals surface area (Å²) in [5, 5.41) is 1.83. The van der Waals surface area contributed by atoms with Gasteiger partial charge in [0.25, 0.3) is 6.08 Å². The number of thiophene rings is 1. The minimum Gasteiger partial charge on any atom is -0.496 e. The van der Waals surface area contributed by atoms with Gasteiger partial charge < -0.3 is 20.1 Å². The third kappa shape index (κ3) is 3.98. The first-order valence-electron chi connectivity index (χ1n) is 10.8. The molecule has 2 unspecified atom stereocenters. The van der Waals surface area contributed by atoms with Gasteiger partial charge in [0, 0.05) is 23.1 Å². The van der Waals surface area contributed by atoms with Crippen LogP contribution in [0.1, 0.15) is 48.4 Å². The van der Waals surface area contributed by atoms with E-state index in [1.807, 2.05) is 10.3 Å². The molecule has 0 spiro atoms. The molecule has 0 fully saturated rings. The van der Waals surface area contributed by atoms with Gasteiger partial charge in [-0.15, -0.1) is 11.3 Å². The van der Waals surface area contributed by atoms with Gasteiger partial charge in [0.2, 0.25) is 5.91 Å². The normalized spacial score (nSPS) is 21.3. The second kappa shape index (κ2) is 8.54. The fourth-order valence-corrected chi connectivity index (χ4v) is 5.68. The summed E-state index contributed by atoms with van der Waals surface area (Å²) >= 11 is 1.35. The van der Waals surface area contributed by atoms with Gasteiger partial charge in [-0.1, -0.05) is 6.07 Å². The molecule has 2 N–H and O–H groups in total. The van der Waals surface area contributed by atoms with Gasteiger partial charge in [-0.3, -0.25) is 4.79 Å². The first kappa shape index (κ1) is 23.9. The Kier molecular flexibility index (Phi) is 6.01. The number of hydrogen-bond donors (Lipinski definition) is 1. The van der Waals surface area contributed by atoms with Gasteiger partial charge in [0.15, 0.2) is 0 Å². The van der Waals surface area contributed by atoms with Crippen LogP contribution in [0.2, 0.25) is 0 Å². The lowest BCUT2D eigenvalue weighted by Gasteiger charge is -2.42. The highest BCUT2D eigenvalue weighted by Crippen LogP contribution is 2.54. The van der Waals surface area contributed by atoms with Gasteiger partial charge in [-0.25, -0.2) is 4.79 Å². The Hall–Kier alpha value is -3.20. The van der Waals surface area contributed by atoms with Gasteiger partial charge in [-0.05, 0) is 68.0 Å². The standard InChI is InChI=1S/C25H26F2N2O4S/c1-24(2,3)33-22(30)17-13-25(23(28)31,19-6-5-9-34-19)21-16-10-15(12-20(26)27)18(32-4)11-14(16)7-8-29(17)21/h5-6,9-13,21H,7-8H2,1-4H3,(H2,28,31). The molecule has 4 rings (SSSR count). The Morgan fingerprint density at radius 3 is 2.59 bits per heavy atom. The number of halogens is 2. The second-order valence-corrected chi connectivity index (χ2v) is 10.3. The molecule has 1 aromatic heterocycles. The van der Waals surface area contributed by atoms with Crippen LogP contribution in [-0.4, -0.2) is 36.0 Å². The van der Waals surface area contributed by atoms with Crippen LogP contribution < -0.4 is 10.5 Å². The molecule has 180 valence electrons. The number of rotatable bonds is 5. The van der Waals surface area contributed by atoms with Crippen LogP contribution >= 0.6 is 11.3 Å².